The van der Waals surface area contributed by atoms with Gasteiger partial charge in [0.1, 0.15) is 23.8 Å². The number of hydrogen-bond donors (Lipinski definition) is 2. The molecule has 0 spiro atoms. The van der Waals surface area contributed by atoms with Crippen LogP contribution in [0.15, 0.2) is 54.9 Å². The van der Waals surface area contributed by atoms with Gasteiger partial charge in [0.15, 0.2) is 11.5 Å². The molecule has 0 unspecified atom stereocenters. The third kappa shape index (κ3) is 4.14. The molecule has 0 saturated heterocycles. The van der Waals surface area contributed by atoms with Crippen LogP contribution < -0.4 is 20.1 Å². The van der Waals surface area contributed by atoms with Gasteiger partial charge < -0.3 is 20.1 Å². The number of anilines is 4. The van der Waals surface area contributed by atoms with Crippen molar-refractivity contribution in [2.45, 2.75) is 0 Å². The Morgan fingerprint density at radius 1 is 0.800 bits per heavy atom. The van der Waals surface area contributed by atoms with Crippen molar-refractivity contribution < 1.29 is 13.9 Å². The van der Waals surface area contributed by atoms with Crippen LogP contribution in [0.2, 0.25) is 0 Å². The van der Waals surface area contributed by atoms with Gasteiger partial charge in [-0.2, -0.15) is 0 Å². The monoisotopic (exact) mass is 340 g/mol. The predicted octanol–water partition coefficient (Wildman–Crippen LogP) is 4.12. The lowest BCUT2D eigenvalue weighted by Gasteiger charge is -2.11. The van der Waals surface area contributed by atoms with E-state index in [2.05, 4.69) is 20.6 Å². The summed E-state index contributed by atoms with van der Waals surface area (Å²) in [5.74, 6) is 2.07. The Morgan fingerprint density at radius 2 is 1.48 bits per heavy atom. The number of hydrogen-bond acceptors (Lipinski definition) is 6. The van der Waals surface area contributed by atoms with Crippen molar-refractivity contribution in [3.05, 3.63) is 60.7 Å². The maximum absolute atomic E-state index is 13.3. The normalized spacial score (nSPS) is 10.2. The van der Waals surface area contributed by atoms with Crippen LogP contribution in [0.25, 0.3) is 0 Å². The molecule has 2 aromatic carbocycles. The summed E-state index contributed by atoms with van der Waals surface area (Å²) >= 11 is 0. The van der Waals surface area contributed by atoms with E-state index in [4.69, 9.17) is 9.47 Å². The smallest absolute Gasteiger partial charge is 0.162 e. The molecule has 0 aliphatic rings. The van der Waals surface area contributed by atoms with Gasteiger partial charge in [-0.05, 0) is 30.3 Å². The van der Waals surface area contributed by atoms with E-state index in [0.29, 0.717) is 28.8 Å². The Morgan fingerprint density at radius 3 is 2.12 bits per heavy atom. The summed E-state index contributed by atoms with van der Waals surface area (Å²) in [6, 6.07) is 13.3. The molecule has 0 fully saturated rings. The summed E-state index contributed by atoms with van der Waals surface area (Å²) in [5.41, 5.74) is 1.39. The molecule has 25 heavy (non-hydrogen) atoms. The highest BCUT2D eigenvalue weighted by Crippen LogP contribution is 2.31. The summed E-state index contributed by atoms with van der Waals surface area (Å²) in [6.45, 7) is 0. The van der Waals surface area contributed by atoms with Crippen molar-refractivity contribution >= 4 is 23.0 Å². The summed E-state index contributed by atoms with van der Waals surface area (Å²) in [5, 5.41) is 6.20. The highest BCUT2D eigenvalue weighted by Gasteiger charge is 2.06. The molecule has 0 aliphatic heterocycles. The second-order valence-corrected chi connectivity index (χ2v) is 5.12. The molecule has 128 valence electrons. The zero-order valence-corrected chi connectivity index (χ0v) is 13.8. The molecule has 0 saturated carbocycles. The molecule has 0 amide bonds. The molecule has 0 bridgehead atoms. The Balaban J connectivity index is 1.78. The summed E-state index contributed by atoms with van der Waals surface area (Å²) < 4.78 is 23.8. The first-order valence-electron chi connectivity index (χ1n) is 7.51. The second-order valence-electron chi connectivity index (χ2n) is 5.12. The average Bonchev–Trinajstić information content (AvgIpc) is 2.62. The maximum Gasteiger partial charge on any atom is 0.162 e. The van der Waals surface area contributed by atoms with Crippen molar-refractivity contribution in [1.29, 1.82) is 0 Å². The van der Waals surface area contributed by atoms with Gasteiger partial charge in [0.25, 0.3) is 0 Å². The standard InChI is InChI=1S/C18H17FN4O2/c1-24-15-7-6-14(9-16(15)25-2)23-18-10-17(20-11-21-18)22-13-5-3-4-12(19)8-13/h3-11H,1-2H3,(H2,20,21,22,23). The molecule has 7 heteroatoms. The minimum absolute atomic E-state index is 0.317. The van der Waals surface area contributed by atoms with Gasteiger partial charge in [0.05, 0.1) is 14.2 Å². The summed E-state index contributed by atoms with van der Waals surface area (Å²) in [6.07, 6.45) is 1.42. The van der Waals surface area contributed by atoms with E-state index >= 15 is 0 Å². The van der Waals surface area contributed by atoms with Crippen LogP contribution in [-0.4, -0.2) is 24.2 Å². The van der Waals surface area contributed by atoms with Crippen molar-refractivity contribution in [3.63, 3.8) is 0 Å². The highest BCUT2D eigenvalue weighted by atomic mass is 19.1. The number of nitrogens with one attached hydrogen (secondary N) is 2. The number of rotatable bonds is 6. The molecule has 3 rings (SSSR count). The lowest BCUT2D eigenvalue weighted by molar-refractivity contribution is 0.355. The third-order valence-electron chi connectivity index (χ3n) is 3.42. The largest absolute Gasteiger partial charge is 0.493 e. The molecular formula is C18H17FN4O2. The topological polar surface area (TPSA) is 68.3 Å². The van der Waals surface area contributed by atoms with Gasteiger partial charge in [-0.1, -0.05) is 6.07 Å². The molecule has 0 radical (unpaired) electrons. The lowest BCUT2D eigenvalue weighted by Crippen LogP contribution is -1.99. The summed E-state index contributed by atoms with van der Waals surface area (Å²) in [4.78, 5) is 8.32. The Kier molecular flexibility index (Phi) is 4.94. The number of halogens is 1. The van der Waals surface area contributed by atoms with E-state index in [-0.39, 0.29) is 5.82 Å². The van der Waals surface area contributed by atoms with Crippen molar-refractivity contribution in [1.82, 2.24) is 9.97 Å². The number of ether oxygens (including phenoxy) is 2. The van der Waals surface area contributed by atoms with E-state index < -0.39 is 0 Å². The Hall–Kier alpha value is -3.35. The van der Waals surface area contributed by atoms with Crippen LogP contribution in [-0.2, 0) is 0 Å². The van der Waals surface area contributed by atoms with E-state index in [1.807, 2.05) is 6.07 Å². The average molecular weight is 340 g/mol. The van der Waals surface area contributed by atoms with Crippen molar-refractivity contribution in [2.75, 3.05) is 24.9 Å². The number of benzene rings is 2. The van der Waals surface area contributed by atoms with E-state index in [1.165, 1.54) is 18.5 Å². The summed E-state index contributed by atoms with van der Waals surface area (Å²) in [7, 11) is 3.16. The van der Waals surface area contributed by atoms with Crippen LogP contribution in [0, 0.1) is 5.82 Å². The SMILES string of the molecule is COc1ccc(Nc2cc(Nc3cccc(F)c3)ncn2)cc1OC. The van der Waals surface area contributed by atoms with E-state index in [1.54, 1.807) is 44.6 Å². The third-order valence-corrected chi connectivity index (χ3v) is 3.42. The minimum Gasteiger partial charge on any atom is -0.493 e. The molecule has 0 atom stereocenters. The van der Waals surface area contributed by atoms with Crippen LogP contribution in [0.4, 0.5) is 27.4 Å². The fourth-order valence-electron chi connectivity index (χ4n) is 2.27. The van der Waals surface area contributed by atoms with Crippen LogP contribution >= 0.6 is 0 Å². The number of nitrogens with zero attached hydrogens (tertiary/aromatic N) is 2. The maximum atomic E-state index is 13.3. The zero-order chi connectivity index (χ0) is 17.6. The molecule has 3 aromatic rings. The number of methoxy groups -OCH3 is 2. The molecule has 1 heterocycles. The molecule has 6 nitrogen and oxygen atoms in total. The molecule has 1 aromatic heterocycles. The van der Waals surface area contributed by atoms with Crippen molar-refractivity contribution in [3.8, 4) is 11.5 Å². The van der Waals surface area contributed by atoms with Gasteiger partial charge in [0.2, 0.25) is 0 Å². The van der Waals surface area contributed by atoms with Gasteiger partial charge >= 0.3 is 0 Å². The molecular weight excluding hydrogens is 323 g/mol. The van der Waals surface area contributed by atoms with Gasteiger partial charge in [0, 0.05) is 23.5 Å². The first-order chi connectivity index (χ1) is 12.2. The van der Waals surface area contributed by atoms with Crippen LogP contribution in [0.5, 0.6) is 11.5 Å². The first-order valence-corrected chi connectivity index (χ1v) is 7.51. The zero-order valence-electron chi connectivity index (χ0n) is 13.8. The second kappa shape index (κ2) is 7.48. The quantitative estimate of drug-likeness (QED) is 0.703. The van der Waals surface area contributed by atoms with E-state index in [9.17, 15) is 4.39 Å². The predicted molar refractivity (Wildman–Crippen MR) is 94.5 cm³/mol. The van der Waals surface area contributed by atoms with Gasteiger partial charge in [-0.25, -0.2) is 14.4 Å². The van der Waals surface area contributed by atoms with Gasteiger partial charge in [-0.15, -0.1) is 0 Å². The lowest BCUT2D eigenvalue weighted by atomic mass is 10.2. The van der Waals surface area contributed by atoms with Gasteiger partial charge in [-0.3, -0.25) is 0 Å². The highest BCUT2D eigenvalue weighted by molar-refractivity contribution is 5.65. The number of aromatic nitrogens is 2. The Bertz CT molecular complexity index is 873. The fourth-order valence-corrected chi connectivity index (χ4v) is 2.27. The fraction of sp³-hybridized carbons (Fsp3) is 0.111. The van der Waals surface area contributed by atoms with Crippen LogP contribution in [0.3, 0.4) is 0 Å². The Labute approximate surface area is 144 Å². The molecule has 2 N–H and O–H groups in total. The van der Waals surface area contributed by atoms with E-state index in [0.717, 1.165) is 5.69 Å². The minimum atomic E-state index is -0.317. The molecule has 0 aliphatic carbocycles. The first kappa shape index (κ1) is 16.5. The van der Waals surface area contributed by atoms with Crippen molar-refractivity contribution in [2.24, 2.45) is 0 Å². The van der Waals surface area contributed by atoms with Crippen LogP contribution in [0.1, 0.15) is 0 Å².